The van der Waals surface area contributed by atoms with Crippen molar-refractivity contribution in [3.63, 3.8) is 0 Å². The van der Waals surface area contributed by atoms with Gasteiger partial charge in [-0.3, -0.25) is 9.69 Å². The van der Waals surface area contributed by atoms with Gasteiger partial charge < -0.3 is 25.3 Å². The van der Waals surface area contributed by atoms with Crippen LogP contribution in [0, 0.1) is 0 Å². The quantitative estimate of drug-likeness (QED) is 0.308. The lowest BCUT2D eigenvalue weighted by Gasteiger charge is -2.26. The molecule has 3 heterocycles. The van der Waals surface area contributed by atoms with Gasteiger partial charge in [-0.1, -0.05) is 12.1 Å². The van der Waals surface area contributed by atoms with Gasteiger partial charge in [0.15, 0.2) is 16.5 Å². The summed E-state index contributed by atoms with van der Waals surface area (Å²) in [7, 11) is 0. The van der Waals surface area contributed by atoms with Crippen LogP contribution in [0.1, 0.15) is 29.5 Å². The topological polar surface area (TPSA) is 125 Å². The molecule has 10 nitrogen and oxygen atoms in total. The van der Waals surface area contributed by atoms with Crippen LogP contribution in [0.2, 0.25) is 0 Å². The fourth-order valence-corrected chi connectivity index (χ4v) is 4.94. The highest BCUT2D eigenvalue weighted by Gasteiger charge is 2.18. The van der Waals surface area contributed by atoms with E-state index in [1.807, 2.05) is 55.6 Å². The summed E-state index contributed by atoms with van der Waals surface area (Å²) in [5.74, 6) is 2.13. The average molecular weight is 535 g/mol. The Balaban J connectivity index is 1.54. The SMILES string of the molecule is CCOc1cc2nc(CN3CCOCC3)nc(Nc3cccc(-c4csc(C(N)=O)n4)c3)c2cc1OCC. The van der Waals surface area contributed by atoms with Crippen LogP contribution in [-0.2, 0) is 11.3 Å². The minimum absolute atomic E-state index is 0.279. The van der Waals surface area contributed by atoms with Gasteiger partial charge in [0, 0.05) is 41.2 Å². The second kappa shape index (κ2) is 11.7. The Morgan fingerprint density at radius 2 is 1.84 bits per heavy atom. The highest BCUT2D eigenvalue weighted by molar-refractivity contribution is 7.12. The predicted molar refractivity (Wildman–Crippen MR) is 147 cm³/mol. The molecule has 1 aliphatic rings. The molecule has 1 aliphatic heterocycles. The molecule has 198 valence electrons. The number of fused-ring (bicyclic) bond motifs is 1. The number of thiazole rings is 1. The molecule has 0 unspecified atom stereocenters. The van der Waals surface area contributed by atoms with Crippen molar-refractivity contribution in [1.29, 1.82) is 0 Å². The first kappa shape index (κ1) is 25.8. The Hall–Kier alpha value is -3.80. The maximum absolute atomic E-state index is 11.5. The summed E-state index contributed by atoms with van der Waals surface area (Å²) >= 11 is 1.23. The molecule has 11 heteroatoms. The molecule has 3 N–H and O–H groups in total. The van der Waals surface area contributed by atoms with E-state index in [0.29, 0.717) is 61.8 Å². The molecule has 2 aromatic carbocycles. The van der Waals surface area contributed by atoms with Crippen molar-refractivity contribution >= 4 is 39.7 Å². The van der Waals surface area contributed by atoms with Crippen LogP contribution in [0.3, 0.4) is 0 Å². The number of ether oxygens (including phenoxy) is 3. The third-order valence-corrected chi connectivity index (χ3v) is 6.87. The Labute approximate surface area is 224 Å². The normalized spacial score (nSPS) is 13.9. The molecule has 4 aromatic rings. The number of benzene rings is 2. The molecule has 0 spiro atoms. The van der Waals surface area contributed by atoms with Gasteiger partial charge in [-0.05, 0) is 32.0 Å². The number of nitrogens with one attached hydrogen (secondary N) is 1. The first-order chi connectivity index (χ1) is 18.5. The van der Waals surface area contributed by atoms with E-state index < -0.39 is 5.91 Å². The molecule has 38 heavy (non-hydrogen) atoms. The second-order valence-electron chi connectivity index (χ2n) is 8.67. The first-order valence-electron chi connectivity index (χ1n) is 12.6. The minimum atomic E-state index is -0.535. The summed E-state index contributed by atoms with van der Waals surface area (Å²) in [6.07, 6.45) is 0. The Morgan fingerprint density at radius 3 is 2.55 bits per heavy atom. The molecule has 0 saturated carbocycles. The molecule has 0 bridgehead atoms. The number of morpholine rings is 1. The average Bonchev–Trinajstić information content (AvgIpc) is 3.42. The Morgan fingerprint density at radius 1 is 1.08 bits per heavy atom. The van der Waals surface area contributed by atoms with Crippen molar-refractivity contribution in [2.75, 3.05) is 44.8 Å². The maximum atomic E-state index is 11.5. The van der Waals surface area contributed by atoms with Crippen LogP contribution in [0.15, 0.2) is 41.8 Å². The van der Waals surface area contributed by atoms with Gasteiger partial charge >= 0.3 is 0 Å². The lowest BCUT2D eigenvalue weighted by molar-refractivity contribution is 0.0331. The van der Waals surface area contributed by atoms with Crippen molar-refractivity contribution in [3.05, 3.63) is 52.6 Å². The van der Waals surface area contributed by atoms with Crippen LogP contribution in [0.25, 0.3) is 22.2 Å². The number of nitrogens with two attached hydrogens (primary N) is 1. The molecule has 0 radical (unpaired) electrons. The van der Waals surface area contributed by atoms with Gasteiger partial charge in [0.1, 0.15) is 11.6 Å². The summed E-state index contributed by atoms with van der Waals surface area (Å²) in [5.41, 5.74) is 8.52. The number of primary amides is 1. The number of hydrogen-bond acceptors (Lipinski definition) is 10. The zero-order chi connectivity index (χ0) is 26.5. The summed E-state index contributed by atoms with van der Waals surface area (Å²) in [4.78, 5) is 27.9. The smallest absolute Gasteiger partial charge is 0.277 e. The van der Waals surface area contributed by atoms with E-state index in [1.54, 1.807) is 0 Å². The molecular formula is C27H30N6O4S. The van der Waals surface area contributed by atoms with Crippen molar-refractivity contribution < 1.29 is 19.0 Å². The molecule has 5 rings (SSSR count). The largest absolute Gasteiger partial charge is 0.490 e. The number of anilines is 2. The lowest BCUT2D eigenvalue weighted by Crippen LogP contribution is -2.36. The van der Waals surface area contributed by atoms with E-state index in [9.17, 15) is 4.79 Å². The maximum Gasteiger partial charge on any atom is 0.277 e. The summed E-state index contributed by atoms with van der Waals surface area (Å²) in [6, 6.07) is 11.6. The van der Waals surface area contributed by atoms with Gasteiger partial charge in [0.25, 0.3) is 5.91 Å². The van der Waals surface area contributed by atoms with Gasteiger partial charge in [0.05, 0.1) is 44.2 Å². The standard InChI is InChI=1S/C27H30N6O4S/c1-3-36-22-13-19-20(14-23(22)37-4-2)30-24(15-33-8-10-35-11-9-33)32-26(19)29-18-7-5-6-17(12-18)21-16-38-27(31-21)25(28)34/h5-7,12-14,16H,3-4,8-11,15H2,1-2H3,(H2,28,34)(H,29,30,32). The highest BCUT2D eigenvalue weighted by atomic mass is 32.1. The molecule has 2 aromatic heterocycles. The van der Waals surface area contributed by atoms with Crippen molar-refractivity contribution in [3.8, 4) is 22.8 Å². The van der Waals surface area contributed by atoms with Crippen molar-refractivity contribution in [2.24, 2.45) is 5.73 Å². The molecule has 0 aliphatic carbocycles. The number of carbonyl (C=O) groups excluding carboxylic acids is 1. The number of carbonyl (C=O) groups is 1. The van der Waals surface area contributed by atoms with E-state index in [2.05, 4.69) is 15.2 Å². The van der Waals surface area contributed by atoms with E-state index in [0.717, 1.165) is 35.2 Å². The zero-order valence-electron chi connectivity index (χ0n) is 21.4. The van der Waals surface area contributed by atoms with E-state index >= 15 is 0 Å². The first-order valence-corrected chi connectivity index (χ1v) is 13.4. The highest BCUT2D eigenvalue weighted by Crippen LogP contribution is 2.36. The molecule has 0 atom stereocenters. The van der Waals surface area contributed by atoms with Crippen LogP contribution >= 0.6 is 11.3 Å². The minimum Gasteiger partial charge on any atom is -0.490 e. The zero-order valence-corrected chi connectivity index (χ0v) is 22.2. The van der Waals surface area contributed by atoms with Gasteiger partial charge in [-0.25, -0.2) is 15.0 Å². The number of hydrogen-bond donors (Lipinski definition) is 2. The van der Waals surface area contributed by atoms with E-state index in [4.69, 9.17) is 29.9 Å². The predicted octanol–water partition coefficient (Wildman–Crippen LogP) is 4.23. The van der Waals surface area contributed by atoms with E-state index in [1.165, 1.54) is 11.3 Å². The second-order valence-corrected chi connectivity index (χ2v) is 9.53. The number of nitrogens with zero attached hydrogens (tertiary/aromatic N) is 4. The fourth-order valence-electron chi connectivity index (χ4n) is 4.26. The van der Waals surface area contributed by atoms with Gasteiger partial charge in [-0.15, -0.1) is 11.3 Å². The number of rotatable bonds is 10. The third-order valence-electron chi connectivity index (χ3n) is 6.01. The molecule has 1 fully saturated rings. The molecule has 1 amide bonds. The Kier molecular flexibility index (Phi) is 7.97. The van der Waals surface area contributed by atoms with Crippen LogP contribution < -0.4 is 20.5 Å². The van der Waals surface area contributed by atoms with Crippen LogP contribution in [0.5, 0.6) is 11.5 Å². The number of amides is 1. The van der Waals surface area contributed by atoms with Crippen LogP contribution in [0.4, 0.5) is 11.5 Å². The lowest BCUT2D eigenvalue weighted by atomic mass is 10.1. The summed E-state index contributed by atoms with van der Waals surface area (Å²) < 4.78 is 17.2. The summed E-state index contributed by atoms with van der Waals surface area (Å²) in [6.45, 7) is 8.59. The van der Waals surface area contributed by atoms with Crippen LogP contribution in [-0.4, -0.2) is 65.3 Å². The molecule has 1 saturated heterocycles. The third kappa shape index (κ3) is 5.85. The monoisotopic (exact) mass is 534 g/mol. The summed E-state index contributed by atoms with van der Waals surface area (Å²) in [5, 5.41) is 6.40. The van der Waals surface area contributed by atoms with Crippen molar-refractivity contribution in [2.45, 2.75) is 20.4 Å². The number of aromatic nitrogens is 3. The van der Waals surface area contributed by atoms with Gasteiger partial charge in [-0.2, -0.15) is 0 Å². The molecular weight excluding hydrogens is 504 g/mol. The van der Waals surface area contributed by atoms with E-state index in [-0.39, 0.29) is 5.01 Å². The fraction of sp³-hybridized carbons (Fsp3) is 0.333. The Bertz CT molecular complexity index is 1440. The van der Waals surface area contributed by atoms with Gasteiger partial charge in [0.2, 0.25) is 0 Å². The van der Waals surface area contributed by atoms with Crippen molar-refractivity contribution in [1.82, 2.24) is 19.9 Å².